The zero-order valence-corrected chi connectivity index (χ0v) is 50.4. The fourth-order valence-electron chi connectivity index (χ4n) is 14.4. The summed E-state index contributed by atoms with van der Waals surface area (Å²) in [6.45, 7) is -0.144. The maximum absolute atomic E-state index is 2.72. The van der Waals surface area contributed by atoms with E-state index in [0.29, 0.717) is 0 Å². The Labute approximate surface area is 521 Å². The van der Waals surface area contributed by atoms with Crippen LogP contribution in [-0.2, 0) is 0 Å². The summed E-state index contributed by atoms with van der Waals surface area (Å²) in [5.74, 6) is 0. The third-order valence-corrected chi connectivity index (χ3v) is 22.7. The van der Waals surface area contributed by atoms with Gasteiger partial charge in [0.25, 0.3) is 0 Å². The van der Waals surface area contributed by atoms with E-state index >= 15 is 0 Å². The zero-order chi connectivity index (χ0) is 57.1. The Balaban J connectivity index is 0.964. The molecule has 0 spiro atoms. The molecule has 5 heterocycles. The second-order valence-electron chi connectivity index (χ2n) is 22.7. The Morgan fingerprint density at radius 3 is 1.37 bits per heavy atom. The predicted molar refractivity (Wildman–Crippen MR) is 375 cm³/mol. The van der Waals surface area contributed by atoms with Gasteiger partial charge >= 0.3 is 525 Å². The van der Waals surface area contributed by atoms with Gasteiger partial charge in [-0.05, 0) is 0 Å². The first-order chi connectivity index (χ1) is 43.2. The van der Waals surface area contributed by atoms with Gasteiger partial charge in [-0.3, -0.25) is 0 Å². The average molecular weight is 1210 g/mol. The Kier molecular flexibility index (Phi) is 11.9. The van der Waals surface area contributed by atoms with E-state index in [1.165, 1.54) is 106 Å². The van der Waals surface area contributed by atoms with Gasteiger partial charge in [-0.1, -0.05) is 0 Å². The first-order valence-electron chi connectivity index (χ1n) is 29.7. The molecule has 0 bridgehead atoms. The Hall–Kier alpha value is -9.72. The summed E-state index contributed by atoms with van der Waals surface area (Å²) in [4.78, 5) is 12.6. The molecule has 1 aromatic heterocycles. The molecule has 0 unspecified atom stereocenters. The summed E-state index contributed by atoms with van der Waals surface area (Å²) in [6, 6.07) is 113. The minimum absolute atomic E-state index is 0.0617. The molecule has 9 heteroatoms. The number of rotatable bonds is 9. The molecule has 18 rings (SSSR count). The van der Waals surface area contributed by atoms with Crippen LogP contribution in [0.2, 0.25) is 0 Å². The molecule has 0 radical (unpaired) electrons. The fourth-order valence-corrected chi connectivity index (χ4v) is 19.8. The van der Waals surface area contributed by atoms with Crippen LogP contribution < -0.4 is 61.3 Å². The molecule has 0 N–H and O–H groups in total. The van der Waals surface area contributed by atoms with Crippen LogP contribution >= 0.6 is 23.1 Å². The quantitative estimate of drug-likeness (QED) is 0.133. The van der Waals surface area contributed by atoms with Crippen LogP contribution in [-0.4, -0.2) is 28.4 Å². The molecular formula is C78H50B2N4S2Se. The molecule has 4 aliphatic heterocycles. The number of para-hydroxylation sites is 8. The molecule has 0 saturated carbocycles. The van der Waals surface area contributed by atoms with Crippen molar-refractivity contribution in [1.29, 1.82) is 0 Å². The molecule has 4 nitrogen and oxygen atoms in total. The topological polar surface area (TPSA) is 13.0 Å². The van der Waals surface area contributed by atoms with Gasteiger partial charge in [-0.2, -0.15) is 0 Å². The number of nitrogens with zero attached hydrogens (tertiary/aromatic N) is 4. The first kappa shape index (κ1) is 50.6. The number of fused-ring (bicyclic) bond motifs is 11. The summed E-state index contributed by atoms with van der Waals surface area (Å²) in [6.07, 6.45) is 0. The number of anilines is 12. The number of benzene rings is 13. The molecule has 87 heavy (non-hydrogen) atoms. The summed E-state index contributed by atoms with van der Waals surface area (Å²) < 4.78 is 5.47. The van der Waals surface area contributed by atoms with E-state index in [-0.39, 0.29) is 28.4 Å². The van der Waals surface area contributed by atoms with Crippen molar-refractivity contribution in [2.45, 2.75) is 9.79 Å². The molecule has 13 aromatic carbocycles. The molecule has 4 aliphatic rings. The molecule has 0 saturated heterocycles. The van der Waals surface area contributed by atoms with Gasteiger partial charge in [0.05, 0.1) is 0 Å². The van der Waals surface area contributed by atoms with Crippen molar-refractivity contribution in [1.82, 2.24) is 0 Å². The summed E-state index contributed by atoms with van der Waals surface area (Å²) in [7, 11) is 0. The monoisotopic (exact) mass is 1210 g/mol. The summed E-state index contributed by atoms with van der Waals surface area (Å²) in [5.41, 5.74) is 24.7. The van der Waals surface area contributed by atoms with Crippen LogP contribution in [0.1, 0.15) is 0 Å². The van der Waals surface area contributed by atoms with Crippen LogP contribution in [0.4, 0.5) is 68.2 Å². The first-order valence-corrected chi connectivity index (χ1v) is 33.1. The maximum atomic E-state index is 2.72. The second-order valence-corrected chi connectivity index (χ2v) is 27.0. The zero-order valence-electron chi connectivity index (χ0n) is 47.0. The average Bonchev–Trinajstić information content (AvgIpc) is 0.831. The molecule has 0 atom stereocenters. The SMILES string of the molecule is c1ccc(N(c2ccccc2)c2cc3c4c(c2)N(c2ccccc2)c2ccccc2B4c2cc4c(c(-c5cccc6sc7ccccc7c56)c2S3)[Se]c2cc(N(c3ccccc3)c3ccccc3)cc3c2B4c2ccccc2N3c2ccccc2)cc1. The van der Waals surface area contributed by atoms with Gasteiger partial charge in [0, 0.05) is 0 Å². The molecule has 406 valence electrons. The van der Waals surface area contributed by atoms with Crippen molar-refractivity contribution in [2.75, 3.05) is 19.6 Å². The Morgan fingerprint density at radius 2 is 0.805 bits per heavy atom. The van der Waals surface area contributed by atoms with E-state index < -0.39 is 0 Å². The van der Waals surface area contributed by atoms with Gasteiger partial charge in [-0.25, -0.2) is 0 Å². The Bertz CT molecular complexity index is 4700. The van der Waals surface area contributed by atoms with Crippen LogP contribution in [0, 0.1) is 0 Å². The Morgan fingerprint density at radius 1 is 0.345 bits per heavy atom. The van der Waals surface area contributed by atoms with Crippen molar-refractivity contribution in [3.63, 3.8) is 0 Å². The molecule has 0 amide bonds. The van der Waals surface area contributed by atoms with Crippen LogP contribution in [0.3, 0.4) is 0 Å². The molecule has 0 fully saturated rings. The van der Waals surface area contributed by atoms with Crippen molar-refractivity contribution in [3.05, 3.63) is 303 Å². The molecule has 14 aromatic rings. The van der Waals surface area contributed by atoms with Gasteiger partial charge in [0.15, 0.2) is 0 Å². The van der Waals surface area contributed by atoms with Crippen LogP contribution in [0.5, 0.6) is 0 Å². The van der Waals surface area contributed by atoms with E-state index in [4.69, 9.17) is 0 Å². The number of thiophene rings is 1. The van der Waals surface area contributed by atoms with Crippen molar-refractivity contribution in [2.24, 2.45) is 0 Å². The fraction of sp³-hybridized carbons (Fsp3) is 0. The van der Waals surface area contributed by atoms with E-state index in [9.17, 15) is 0 Å². The van der Waals surface area contributed by atoms with Crippen LogP contribution in [0.15, 0.2) is 313 Å². The van der Waals surface area contributed by atoms with Crippen molar-refractivity contribution in [3.8, 4) is 11.1 Å². The van der Waals surface area contributed by atoms with E-state index in [1.54, 1.807) is 0 Å². The second kappa shape index (κ2) is 20.5. The van der Waals surface area contributed by atoms with Crippen LogP contribution in [0.25, 0.3) is 31.3 Å². The van der Waals surface area contributed by atoms with Gasteiger partial charge < -0.3 is 0 Å². The third kappa shape index (κ3) is 8.01. The van der Waals surface area contributed by atoms with Crippen molar-refractivity contribution < 1.29 is 0 Å². The summed E-state index contributed by atoms with van der Waals surface area (Å²) in [5, 5.41) is 2.65. The molecular weight excluding hydrogens is 1160 g/mol. The number of hydrogen-bond acceptors (Lipinski definition) is 6. The van der Waals surface area contributed by atoms with Gasteiger partial charge in [-0.15, -0.1) is 0 Å². The number of hydrogen-bond donors (Lipinski definition) is 0. The van der Waals surface area contributed by atoms with E-state index in [0.717, 1.165) is 45.5 Å². The molecule has 0 aliphatic carbocycles. The predicted octanol–water partition coefficient (Wildman–Crippen LogP) is 15.7. The minimum atomic E-state index is -0.183. The van der Waals surface area contributed by atoms with Crippen molar-refractivity contribution >= 4 is 182 Å². The normalized spacial score (nSPS) is 13.1. The summed E-state index contributed by atoms with van der Waals surface area (Å²) >= 11 is 3.72. The van der Waals surface area contributed by atoms with E-state index in [2.05, 4.69) is 323 Å². The third-order valence-electron chi connectivity index (χ3n) is 17.9. The van der Waals surface area contributed by atoms with Gasteiger partial charge in [0.2, 0.25) is 0 Å². The van der Waals surface area contributed by atoms with Gasteiger partial charge in [0.1, 0.15) is 0 Å². The van der Waals surface area contributed by atoms with E-state index in [1.807, 2.05) is 23.1 Å². The standard InChI is InChI=1S/C78H50B2N4S2Se/c1-7-26-51(27-8-1)81(52-28-9-2-10-29-52)57-46-67-75-71(48-57)86-77-63(79(75)61-40-20-22-42-65(61)83(67)55-34-15-5-16-35-55)50-64-78(74(77)60-39-25-45-70-73(60)59-38-19-24-44-69(59)85-70)87-72-49-58(82(53-30-11-3-12-31-53)54-32-13-4-14-33-54)47-68-76(72)80(64)62-41-21-23-43-66(62)84(68)56-36-17-6-18-37-56/h1-50H.